The van der Waals surface area contributed by atoms with Gasteiger partial charge in [0, 0.05) is 10.2 Å². The van der Waals surface area contributed by atoms with Gasteiger partial charge in [-0.25, -0.2) is 4.79 Å². The quantitative estimate of drug-likeness (QED) is 0.499. The number of unbranched alkanes of at least 4 members (excludes halogenated alkanes) is 3. The molecule has 4 heteroatoms. The van der Waals surface area contributed by atoms with Gasteiger partial charge in [-0.2, -0.15) is 0 Å². The van der Waals surface area contributed by atoms with E-state index in [0.717, 1.165) is 30.8 Å². The molecule has 2 aromatic carbocycles. The molecular weight excluding hydrogens is 356 g/mol. The van der Waals surface area contributed by atoms with Crippen LogP contribution in [0.3, 0.4) is 0 Å². The fourth-order valence-electron chi connectivity index (χ4n) is 3.13. The first kappa shape index (κ1) is 19.6. The number of rotatable bonds is 9. The van der Waals surface area contributed by atoms with E-state index in [9.17, 15) is 4.79 Å². The van der Waals surface area contributed by atoms with Gasteiger partial charge in [0.25, 0.3) is 0 Å². The van der Waals surface area contributed by atoms with Crippen LogP contribution in [0.2, 0.25) is 0 Å². The second-order valence-corrected chi connectivity index (χ2v) is 8.02. The first-order valence-electron chi connectivity index (χ1n) is 9.60. The van der Waals surface area contributed by atoms with Gasteiger partial charge < -0.3 is 9.84 Å². The Kier molecular flexibility index (Phi) is 6.99. The van der Waals surface area contributed by atoms with Crippen molar-refractivity contribution in [3.63, 3.8) is 0 Å². The van der Waals surface area contributed by atoms with Crippen molar-refractivity contribution in [2.24, 2.45) is 0 Å². The lowest BCUT2D eigenvalue weighted by molar-refractivity contribution is 0.0697. The molecule has 1 aliphatic rings. The van der Waals surface area contributed by atoms with Crippen molar-refractivity contribution in [3.8, 4) is 5.75 Å². The molecule has 1 aliphatic heterocycles. The van der Waals surface area contributed by atoms with E-state index in [1.807, 2.05) is 23.9 Å². The highest BCUT2D eigenvalue weighted by Crippen LogP contribution is 2.48. The number of carboxylic acids is 1. The molecule has 0 amide bonds. The molecule has 142 valence electrons. The van der Waals surface area contributed by atoms with E-state index in [1.165, 1.54) is 29.7 Å². The number of thioether (sulfide) groups is 1. The molecule has 0 aromatic heterocycles. The van der Waals surface area contributed by atoms with E-state index in [1.54, 1.807) is 12.1 Å². The van der Waals surface area contributed by atoms with Crippen LogP contribution in [-0.4, -0.2) is 17.7 Å². The van der Waals surface area contributed by atoms with E-state index < -0.39 is 5.97 Å². The summed E-state index contributed by atoms with van der Waals surface area (Å²) >= 11 is 1.84. The minimum Gasteiger partial charge on any atom is -0.494 e. The maximum absolute atomic E-state index is 11.0. The number of aromatic carboxylic acids is 1. The zero-order valence-corrected chi connectivity index (χ0v) is 16.5. The molecule has 3 nitrogen and oxygen atoms in total. The average molecular weight is 383 g/mol. The Morgan fingerprint density at radius 1 is 1.07 bits per heavy atom. The number of hydrogen-bond donors (Lipinski definition) is 1. The Morgan fingerprint density at radius 3 is 2.48 bits per heavy atom. The van der Waals surface area contributed by atoms with Gasteiger partial charge in [0.2, 0.25) is 0 Å². The minimum absolute atomic E-state index is 0.323. The van der Waals surface area contributed by atoms with Gasteiger partial charge in [-0.3, -0.25) is 0 Å². The Bertz CT molecular complexity index is 778. The standard InChI is InChI=1S/C23H26O3S/c1-2-3-4-5-16-26-20-12-10-18(11-13-20)22-15-14-21(27-22)17-6-8-19(9-7-17)23(24)25/h6-14,22H,2-5,15-16H2,1H3,(H,24,25). The molecular formula is C23H26O3S. The first-order chi connectivity index (χ1) is 13.2. The molecule has 0 saturated heterocycles. The summed E-state index contributed by atoms with van der Waals surface area (Å²) in [6.45, 7) is 3.00. The van der Waals surface area contributed by atoms with E-state index in [-0.39, 0.29) is 0 Å². The van der Waals surface area contributed by atoms with Crippen molar-refractivity contribution in [2.75, 3.05) is 6.61 Å². The van der Waals surface area contributed by atoms with E-state index in [2.05, 4.69) is 37.3 Å². The van der Waals surface area contributed by atoms with Crippen molar-refractivity contribution >= 4 is 22.6 Å². The fourth-order valence-corrected chi connectivity index (χ4v) is 4.39. The molecule has 0 fully saturated rings. The van der Waals surface area contributed by atoms with Gasteiger partial charge in [0.05, 0.1) is 12.2 Å². The van der Waals surface area contributed by atoms with Crippen molar-refractivity contribution in [1.82, 2.24) is 0 Å². The Balaban J connectivity index is 1.52. The van der Waals surface area contributed by atoms with Crippen LogP contribution in [-0.2, 0) is 0 Å². The Hall–Kier alpha value is -2.20. The van der Waals surface area contributed by atoms with Crippen LogP contribution < -0.4 is 4.74 Å². The van der Waals surface area contributed by atoms with Crippen LogP contribution >= 0.6 is 11.8 Å². The topological polar surface area (TPSA) is 46.5 Å². The number of carboxylic acid groups (broad SMARTS) is 1. The molecule has 0 radical (unpaired) electrons. The molecule has 2 aromatic rings. The van der Waals surface area contributed by atoms with Gasteiger partial charge in [-0.15, -0.1) is 11.8 Å². The molecule has 0 bridgehead atoms. The zero-order chi connectivity index (χ0) is 19.1. The third-order valence-corrected chi connectivity index (χ3v) is 6.13. The van der Waals surface area contributed by atoms with Crippen molar-refractivity contribution in [3.05, 3.63) is 71.3 Å². The molecule has 0 aliphatic carbocycles. The van der Waals surface area contributed by atoms with Gasteiger partial charge in [-0.1, -0.05) is 56.5 Å². The van der Waals surface area contributed by atoms with Crippen molar-refractivity contribution < 1.29 is 14.6 Å². The molecule has 1 N–H and O–H groups in total. The van der Waals surface area contributed by atoms with Crippen LogP contribution in [0.4, 0.5) is 0 Å². The second-order valence-electron chi connectivity index (χ2n) is 6.77. The van der Waals surface area contributed by atoms with Gasteiger partial charge in [-0.05, 0) is 48.2 Å². The summed E-state index contributed by atoms with van der Waals surface area (Å²) in [7, 11) is 0. The monoisotopic (exact) mass is 382 g/mol. The summed E-state index contributed by atoms with van der Waals surface area (Å²) in [6.07, 6.45) is 8.08. The smallest absolute Gasteiger partial charge is 0.335 e. The summed E-state index contributed by atoms with van der Waals surface area (Å²) in [4.78, 5) is 12.2. The van der Waals surface area contributed by atoms with Gasteiger partial charge in [0.1, 0.15) is 5.75 Å². The van der Waals surface area contributed by atoms with Crippen molar-refractivity contribution in [1.29, 1.82) is 0 Å². The molecule has 1 unspecified atom stereocenters. The Morgan fingerprint density at radius 2 is 1.81 bits per heavy atom. The number of hydrogen-bond acceptors (Lipinski definition) is 3. The SMILES string of the molecule is CCCCCCOc1ccc(C2CC=C(c3ccc(C(=O)O)cc3)S2)cc1. The lowest BCUT2D eigenvalue weighted by Gasteiger charge is -2.12. The number of benzene rings is 2. The predicted molar refractivity (Wildman–Crippen MR) is 112 cm³/mol. The van der Waals surface area contributed by atoms with Crippen LogP contribution in [0.5, 0.6) is 5.75 Å². The molecule has 1 heterocycles. The van der Waals surface area contributed by atoms with Gasteiger partial charge >= 0.3 is 5.97 Å². The van der Waals surface area contributed by atoms with Crippen molar-refractivity contribution in [2.45, 2.75) is 44.3 Å². The largest absolute Gasteiger partial charge is 0.494 e. The molecule has 27 heavy (non-hydrogen) atoms. The summed E-state index contributed by atoms with van der Waals surface area (Å²) in [5.41, 5.74) is 2.70. The van der Waals surface area contributed by atoms with Crippen LogP contribution in [0, 0.1) is 0 Å². The lowest BCUT2D eigenvalue weighted by Crippen LogP contribution is -1.97. The highest BCUT2D eigenvalue weighted by molar-refractivity contribution is 8.08. The van der Waals surface area contributed by atoms with Gasteiger partial charge in [0.15, 0.2) is 0 Å². The normalized spacial score (nSPS) is 16.2. The zero-order valence-electron chi connectivity index (χ0n) is 15.7. The third-order valence-electron chi connectivity index (χ3n) is 4.72. The molecule has 3 rings (SSSR count). The summed E-state index contributed by atoms with van der Waals surface area (Å²) < 4.78 is 5.82. The summed E-state index contributed by atoms with van der Waals surface area (Å²) in [5.74, 6) is 0.0517. The average Bonchev–Trinajstić information content (AvgIpc) is 3.18. The molecule has 1 atom stereocenters. The molecule has 0 spiro atoms. The van der Waals surface area contributed by atoms with Crippen LogP contribution in [0.15, 0.2) is 54.6 Å². The third kappa shape index (κ3) is 5.39. The minimum atomic E-state index is -0.889. The number of carbonyl (C=O) groups is 1. The number of allylic oxidation sites excluding steroid dienone is 1. The Labute approximate surface area is 165 Å². The maximum Gasteiger partial charge on any atom is 0.335 e. The maximum atomic E-state index is 11.0. The van der Waals surface area contributed by atoms with E-state index in [0.29, 0.717) is 10.8 Å². The fraction of sp³-hybridized carbons (Fsp3) is 0.348. The number of ether oxygens (including phenoxy) is 1. The lowest BCUT2D eigenvalue weighted by atomic mass is 10.1. The predicted octanol–water partition coefficient (Wildman–Crippen LogP) is 6.56. The second kappa shape index (κ2) is 9.65. The van der Waals surface area contributed by atoms with E-state index >= 15 is 0 Å². The molecule has 0 saturated carbocycles. The summed E-state index contributed by atoms with van der Waals surface area (Å²) in [5, 5.41) is 9.42. The first-order valence-corrected chi connectivity index (χ1v) is 10.5. The summed E-state index contributed by atoms with van der Waals surface area (Å²) in [6, 6.07) is 15.6. The highest BCUT2D eigenvalue weighted by atomic mass is 32.2. The van der Waals surface area contributed by atoms with Crippen LogP contribution in [0.1, 0.15) is 65.8 Å². The van der Waals surface area contributed by atoms with Crippen LogP contribution in [0.25, 0.3) is 4.91 Å². The van der Waals surface area contributed by atoms with E-state index in [4.69, 9.17) is 9.84 Å². The highest BCUT2D eigenvalue weighted by Gasteiger charge is 2.21.